The van der Waals surface area contributed by atoms with Gasteiger partial charge in [0.05, 0.1) is 29.7 Å². The molecule has 0 bridgehead atoms. The third-order valence-corrected chi connectivity index (χ3v) is 4.64. The number of ketones is 1. The zero-order valence-corrected chi connectivity index (χ0v) is 14.0. The molecule has 0 aliphatic heterocycles. The van der Waals surface area contributed by atoms with Gasteiger partial charge in [-0.25, -0.2) is 4.98 Å². The molecule has 5 nitrogen and oxygen atoms in total. The van der Waals surface area contributed by atoms with Crippen molar-refractivity contribution in [3.8, 4) is 23.4 Å². The minimum absolute atomic E-state index is 0.167. The van der Waals surface area contributed by atoms with Crippen molar-refractivity contribution in [1.82, 2.24) is 4.98 Å². The zero-order valence-electron chi connectivity index (χ0n) is 13.2. The summed E-state index contributed by atoms with van der Waals surface area (Å²) in [5, 5.41) is 20.5. The van der Waals surface area contributed by atoms with Crippen molar-refractivity contribution in [1.29, 1.82) is 10.5 Å². The van der Waals surface area contributed by atoms with Crippen LogP contribution in [0.5, 0.6) is 0 Å². The number of rotatable bonds is 6. The van der Waals surface area contributed by atoms with Gasteiger partial charge in [0.2, 0.25) is 0 Å². The fraction of sp³-hybridized carbons (Fsp3) is 0.158. The van der Waals surface area contributed by atoms with Crippen molar-refractivity contribution in [3.05, 3.63) is 64.4 Å². The molecule has 0 saturated heterocycles. The lowest BCUT2D eigenvalue weighted by Gasteiger charge is -2.04. The number of benzene rings is 1. The molecule has 1 aromatic carbocycles. The van der Waals surface area contributed by atoms with E-state index < -0.39 is 5.92 Å². The van der Waals surface area contributed by atoms with Crippen molar-refractivity contribution in [3.63, 3.8) is 0 Å². The van der Waals surface area contributed by atoms with Gasteiger partial charge in [-0.15, -0.1) is 11.3 Å². The molecule has 122 valence electrons. The molecular formula is C19H13N3O2S. The Morgan fingerprint density at radius 1 is 1.24 bits per heavy atom. The molecule has 0 aliphatic carbocycles. The van der Waals surface area contributed by atoms with Gasteiger partial charge >= 0.3 is 0 Å². The van der Waals surface area contributed by atoms with E-state index in [9.17, 15) is 10.1 Å². The number of furan rings is 1. The van der Waals surface area contributed by atoms with E-state index in [4.69, 9.17) is 9.68 Å². The summed E-state index contributed by atoms with van der Waals surface area (Å²) in [4.78, 5) is 16.8. The molecule has 0 amide bonds. The van der Waals surface area contributed by atoms with Gasteiger partial charge in [0.1, 0.15) is 10.8 Å². The lowest BCUT2D eigenvalue weighted by atomic mass is 10.0. The van der Waals surface area contributed by atoms with E-state index in [1.54, 1.807) is 42.7 Å². The van der Waals surface area contributed by atoms with Crippen molar-refractivity contribution in [2.45, 2.75) is 18.8 Å². The highest BCUT2D eigenvalue weighted by atomic mass is 32.1. The van der Waals surface area contributed by atoms with E-state index in [-0.39, 0.29) is 12.2 Å². The van der Waals surface area contributed by atoms with Gasteiger partial charge < -0.3 is 4.42 Å². The van der Waals surface area contributed by atoms with Gasteiger partial charge in [-0.1, -0.05) is 12.1 Å². The lowest BCUT2D eigenvalue weighted by molar-refractivity contribution is -0.119. The van der Waals surface area contributed by atoms with E-state index in [2.05, 4.69) is 17.1 Å². The summed E-state index contributed by atoms with van der Waals surface area (Å²) in [6, 6.07) is 14.7. The first kappa shape index (κ1) is 16.6. The average molecular weight is 347 g/mol. The fourth-order valence-corrected chi connectivity index (χ4v) is 3.27. The summed E-state index contributed by atoms with van der Waals surface area (Å²) in [6.45, 7) is 0. The Labute approximate surface area is 148 Å². The number of nitriles is 2. The molecule has 2 heterocycles. The predicted molar refractivity (Wildman–Crippen MR) is 92.7 cm³/mol. The number of hydrogen-bond acceptors (Lipinski definition) is 6. The SMILES string of the molecule is N#Cc1ccc(-c2csc([C@@H](C#N)C(=O)CCc3ccco3)n2)cc1. The molecular weight excluding hydrogens is 334 g/mol. The molecule has 0 N–H and O–H groups in total. The van der Waals surface area contributed by atoms with Gasteiger partial charge in [-0.2, -0.15) is 10.5 Å². The Morgan fingerprint density at radius 3 is 2.68 bits per heavy atom. The van der Waals surface area contributed by atoms with Crippen molar-refractivity contribution in [2.24, 2.45) is 0 Å². The first-order chi connectivity index (χ1) is 12.2. The highest BCUT2D eigenvalue weighted by molar-refractivity contribution is 7.10. The molecule has 3 rings (SSSR count). The van der Waals surface area contributed by atoms with Crippen LogP contribution >= 0.6 is 11.3 Å². The van der Waals surface area contributed by atoms with E-state index in [1.165, 1.54) is 11.3 Å². The number of aryl methyl sites for hydroxylation is 1. The van der Waals surface area contributed by atoms with Crippen LogP contribution in [0.15, 0.2) is 52.5 Å². The van der Waals surface area contributed by atoms with Gasteiger partial charge in [0, 0.05) is 23.8 Å². The van der Waals surface area contributed by atoms with Crippen molar-refractivity contribution >= 4 is 17.1 Å². The maximum atomic E-state index is 12.4. The first-order valence-corrected chi connectivity index (χ1v) is 8.50. The quantitative estimate of drug-likeness (QED) is 0.670. The monoisotopic (exact) mass is 347 g/mol. The summed E-state index contributed by atoms with van der Waals surface area (Å²) in [7, 11) is 0. The van der Waals surface area contributed by atoms with E-state index >= 15 is 0 Å². The number of Topliss-reactive ketones (excluding diaryl/α,β-unsaturated/α-hetero) is 1. The summed E-state index contributed by atoms with van der Waals surface area (Å²) < 4.78 is 5.21. The Morgan fingerprint density at radius 2 is 2.04 bits per heavy atom. The Balaban J connectivity index is 1.73. The van der Waals surface area contributed by atoms with Crippen LogP contribution in [0, 0.1) is 22.7 Å². The first-order valence-electron chi connectivity index (χ1n) is 7.62. The number of thiazole rings is 1. The molecule has 0 unspecified atom stereocenters. The van der Waals surface area contributed by atoms with Crippen LogP contribution in [0.25, 0.3) is 11.3 Å². The van der Waals surface area contributed by atoms with Crippen LogP contribution < -0.4 is 0 Å². The normalized spacial score (nSPS) is 11.4. The van der Waals surface area contributed by atoms with E-state index in [0.717, 1.165) is 11.3 Å². The summed E-state index contributed by atoms with van der Waals surface area (Å²) in [6.07, 6.45) is 2.27. The van der Waals surface area contributed by atoms with Gasteiger partial charge in [-0.3, -0.25) is 4.79 Å². The Bertz CT molecular complexity index is 944. The highest BCUT2D eigenvalue weighted by Gasteiger charge is 2.23. The minimum atomic E-state index is -0.868. The van der Waals surface area contributed by atoms with Crippen LogP contribution in [-0.4, -0.2) is 10.8 Å². The molecule has 0 spiro atoms. The molecule has 0 saturated carbocycles. The predicted octanol–water partition coefficient (Wildman–Crippen LogP) is 4.08. The average Bonchev–Trinajstić information content (AvgIpc) is 3.33. The number of carbonyl (C=O) groups is 1. The molecule has 0 radical (unpaired) electrons. The minimum Gasteiger partial charge on any atom is -0.469 e. The van der Waals surface area contributed by atoms with Crippen LogP contribution in [-0.2, 0) is 11.2 Å². The van der Waals surface area contributed by atoms with Crippen LogP contribution in [0.1, 0.15) is 28.7 Å². The van der Waals surface area contributed by atoms with Crippen LogP contribution in [0.4, 0.5) is 0 Å². The molecule has 0 aliphatic rings. The lowest BCUT2D eigenvalue weighted by Crippen LogP contribution is -2.11. The van der Waals surface area contributed by atoms with Crippen molar-refractivity contribution in [2.75, 3.05) is 0 Å². The molecule has 25 heavy (non-hydrogen) atoms. The number of hydrogen-bond donors (Lipinski definition) is 0. The molecule has 1 atom stereocenters. The van der Waals surface area contributed by atoms with E-state index in [1.807, 2.05) is 5.38 Å². The Kier molecular flexibility index (Phi) is 5.03. The second-order valence-electron chi connectivity index (χ2n) is 5.37. The topological polar surface area (TPSA) is 90.7 Å². The maximum Gasteiger partial charge on any atom is 0.157 e. The molecule has 2 aromatic heterocycles. The molecule has 0 fully saturated rings. The van der Waals surface area contributed by atoms with Crippen LogP contribution in [0.3, 0.4) is 0 Å². The van der Waals surface area contributed by atoms with Gasteiger partial charge in [0.25, 0.3) is 0 Å². The number of carbonyl (C=O) groups excluding carboxylic acids is 1. The second-order valence-corrected chi connectivity index (χ2v) is 6.26. The van der Waals surface area contributed by atoms with E-state index in [0.29, 0.717) is 22.7 Å². The second kappa shape index (κ2) is 7.57. The van der Waals surface area contributed by atoms with Crippen molar-refractivity contribution < 1.29 is 9.21 Å². The van der Waals surface area contributed by atoms with Gasteiger partial charge in [-0.05, 0) is 24.3 Å². The Hall–Kier alpha value is -3.22. The maximum absolute atomic E-state index is 12.4. The molecule has 6 heteroatoms. The zero-order chi connectivity index (χ0) is 17.6. The third-order valence-electron chi connectivity index (χ3n) is 3.73. The summed E-state index contributed by atoms with van der Waals surface area (Å²) in [5.74, 6) is -0.311. The molecule has 3 aromatic rings. The highest BCUT2D eigenvalue weighted by Crippen LogP contribution is 2.28. The van der Waals surface area contributed by atoms with Crippen LogP contribution in [0.2, 0.25) is 0 Å². The summed E-state index contributed by atoms with van der Waals surface area (Å²) in [5.41, 5.74) is 2.12. The summed E-state index contributed by atoms with van der Waals surface area (Å²) >= 11 is 1.30. The third kappa shape index (κ3) is 3.82. The smallest absolute Gasteiger partial charge is 0.157 e. The number of nitrogens with zero attached hydrogens (tertiary/aromatic N) is 3. The fourth-order valence-electron chi connectivity index (χ4n) is 2.38. The standard InChI is InChI=1S/C19H13N3O2S/c20-10-13-3-5-14(6-4-13)17-12-25-19(22-17)16(11-21)18(23)8-7-15-2-1-9-24-15/h1-6,9,12,16H,7-8H2/t16-/m0/s1. The largest absolute Gasteiger partial charge is 0.469 e. The number of aromatic nitrogens is 1. The van der Waals surface area contributed by atoms with Gasteiger partial charge in [0.15, 0.2) is 11.7 Å².